The number of anilines is 2. The molecule has 5 amide bonds. The number of aromatic nitrogens is 7. The summed E-state index contributed by atoms with van der Waals surface area (Å²) in [5.41, 5.74) is 4.21. The second-order valence-corrected chi connectivity index (χ2v) is 17.1. The Hall–Kier alpha value is -7.56. The van der Waals surface area contributed by atoms with Crippen molar-refractivity contribution in [3.8, 4) is 17.1 Å². The number of aryl methyl sites for hydroxylation is 1. The van der Waals surface area contributed by atoms with E-state index in [2.05, 4.69) is 46.6 Å². The second kappa shape index (κ2) is 21.8. The van der Waals surface area contributed by atoms with E-state index in [0.29, 0.717) is 76.0 Å². The Bertz CT molecular complexity index is 2860. The third-order valence-electron chi connectivity index (χ3n) is 12.1. The number of alkyl halides is 2. The number of oxazole rings is 1. The van der Waals surface area contributed by atoms with Crippen LogP contribution in [0, 0.1) is 5.92 Å². The molecule has 0 bridgehead atoms. The molecule has 1 aliphatic carbocycles. The average molecular weight is 961 g/mol. The van der Waals surface area contributed by atoms with Crippen LogP contribution in [-0.4, -0.2) is 115 Å². The number of nitrogens with zero attached hydrogens (tertiary/aromatic N) is 8. The maximum absolute atomic E-state index is 14.1. The molecule has 4 N–H and O–H groups in total. The number of pyridine rings is 1. The van der Waals surface area contributed by atoms with Gasteiger partial charge in [-0.3, -0.25) is 39.2 Å². The van der Waals surface area contributed by atoms with Crippen LogP contribution in [0.4, 0.5) is 20.2 Å². The summed E-state index contributed by atoms with van der Waals surface area (Å²) in [6, 6.07) is 14.7. The average Bonchev–Trinajstić information content (AvgIpc) is 3.62. The van der Waals surface area contributed by atoms with Crippen LogP contribution in [0.1, 0.15) is 92.4 Å². The van der Waals surface area contributed by atoms with E-state index in [9.17, 15) is 32.8 Å². The third kappa shape index (κ3) is 11.5. The SMILES string of the molecule is O=C1CCC(N2C(=O)c3ccc(NCCc4cnnn4CCOCCOCCNCc4ccc(-n5cc(NC(=O)c6coc(-c7ccnc(CCC8CC8)c7)n6)c(C(F)F)n5)cc4)cc3C2=O)C(=O)N1. The molecule has 20 nitrogen and oxygen atoms in total. The molecule has 2 aliphatic heterocycles. The van der Waals surface area contributed by atoms with Gasteiger partial charge in [-0.2, -0.15) is 5.10 Å². The van der Waals surface area contributed by atoms with Crippen molar-refractivity contribution in [3.63, 3.8) is 0 Å². The van der Waals surface area contributed by atoms with E-state index < -0.39 is 47.7 Å². The molecule has 364 valence electrons. The lowest BCUT2D eigenvalue weighted by Gasteiger charge is -2.27. The number of halogens is 2. The van der Waals surface area contributed by atoms with Gasteiger partial charge in [-0.05, 0) is 73.2 Å². The van der Waals surface area contributed by atoms with Crippen molar-refractivity contribution in [1.29, 1.82) is 0 Å². The highest BCUT2D eigenvalue weighted by molar-refractivity contribution is 6.23. The number of ether oxygens (including phenoxy) is 2. The number of carbonyl (C=O) groups excluding carboxylic acids is 5. The Morgan fingerprint density at radius 2 is 1.73 bits per heavy atom. The van der Waals surface area contributed by atoms with Gasteiger partial charge in [0.2, 0.25) is 17.7 Å². The molecule has 0 spiro atoms. The highest BCUT2D eigenvalue weighted by Crippen LogP contribution is 2.34. The van der Waals surface area contributed by atoms with E-state index in [-0.39, 0.29) is 41.2 Å². The summed E-state index contributed by atoms with van der Waals surface area (Å²) in [5, 5.41) is 23.5. The fraction of sp³-hybridized carbons (Fsp3) is 0.375. The van der Waals surface area contributed by atoms with Crippen LogP contribution in [0.25, 0.3) is 17.1 Å². The number of piperidine rings is 1. The number of hydrogen-bond donors (Lipinski definition) is 4. The molecule has 2 aromatic carbocycles. The van der Waals surface area contributed by atoms with Crippen molar-refractivity contribution in [2.45, 2.75) is 70.5 Å². The van der Waals surface area contributed by atoms with E-state index >= 15 is 0 Å². The van der Waals surface area contributed by atoms with Crippen molar-refractivity contribution in [2.75, 3.05) is 50.2 Å². The fourth-order valence-electron chi connectivity index (χ4n) is 8.17. The predicted octanol–water partition coefficient (Wildman–Crippen LogP) is 4.93. The summed E-state index contributed by atoms with van der Waals surface area (Å²) in [6.07, 6.45) is 8.10. The van der Waals surface area contributed by atoms with Crippen molar-refractivity contribution in [2.24, 2.45) is 5.92 Å². The first-order valence-corrected chi connectivity index (χ1v) is 23.1. The summed E-state index contributed by atoms with van der Waals surface area (Å²) in [5.74, 6) is -1.92. The van der Waals surface area contributed by atoms with Crippen molar-refractivity contribution < 1.29 is 46.6 Å². The summed E-state index contributed by atoms with van der Waals surface area (Å²) < 4.78 is 48.2. The third-order valence-corrected chi connectivity index (χ3v) is 12.1. The summed E-state index contributed by atoms with van der Waals surface area (Å²) >= 11 is 0. The van der Waals surface area contributed by atoms with Crippen molar-refractivity contribution in [3.05, 3.63) is 119 Å². The molecule has 6 heterocycles. The van der Waals surface area contributed by atoms with Crippen molar-refractivity contribution in [1.82, 2.24) is 50.3 Å². The minimum atomic E-state index is -2.94. The molecule has 6 aromatic rings. The van der Waals surface area contributed by atoms with Gasteiger partial charge in [-0.15, -0.1) is 5.10 Å². The van der Waals surface area contributed by atoms with Gasteiger partial charge in [0.1, 0.15) is 12.3 Å². The minimum Gasteiger partial charge on any atom is -0.444 e. The molecule has 1 saturated heterocycles. The molecule has 0 radical (unpaired) electrons. The molecule has 3 aliphatic rings. The Balaban J connectivity index is 0.647. The number of nitrogens with one attached hydrogen (secondary N) is 4. The quantitative estimate of drug-likeness (QED) is 0.0465. The number of fused-ring (bicyclic) bond motifs is 1. The first kappa shape index (κ1) is 47.5. The standard InChI is InChI=1S/C48H50F2N12O8/c49-43(50)42-38(55-44(64)39-28-70-46(56-39)31-13-15-52-32(23-31)6-3-29-1-2-29)27-61(58-42)34-8-4-30(5-9-34)25-51-17-19-68-21-22-69-20-18-60-35(26-54-59-60)14-16-53-33-7-10-36-37(24-33)48(67)62(47(36)66)40-11-12-41(63)57-45(40)65/h4-5,7-10,13,15,23-24,26-29,40,43,51,53H,1-3,6,11-12,14,16-22,25H2,(H,55,64)(H,57,63,65). The van der Waals surface area contributed by atoms with E-state index in [1.54, 1.807) is 53.5 Å². The number of benzene rings is 2. The van der Waals surface area contributed by atoms with Gasteiger partial charge in [0.05, 0.1) is 73.6 Å². The Kier molecular flexibility index (Phi) is 14.8. The normalized spacial score (nSPS) is 15.8. The number of amides is 5. The van der Waals surface area contributed by atoms with Gasteiger partial charge in [0.25, 0.3) is 24.1 Å². The van der Waals surface area contributed by atoms with Crippen LogP contribution < -0.4 is 21.3 Å². The Morgan fingerprint density at radius 1 is 0.914 bits per heavy atom. The van der Waals surface area contributed by atoms with Gasteiger partial charge in [0, 0.05) is 55.6 Å². The van der Waals surface area contributed by atoms with Crippen LogP contribution in [0.2, 0.25) is 0 Å². The number of hydrogen-bond acceptors (Lipinski definition) is 15. The monoisotopic (exact) mass is 960 g/mol. The molecule has 1 unspecified atom stereocenters. The topological polar surface area (TPSA) is 243 Å². The lowest BCUT2D eigenvalue weighted by molar-refractivity contribution is -0.136. The summed E-state index contributed by atoms with van der Waals surface area (Å²) in [6.45, 7) is 3.70. The molecule has 4 aromatic heterocycles. The van der Waals surface area contributed by atoms with Gasteiger partial charge < -0.3 is 29.8 Å². The largest absolute Gasteiger partial charge is 0.444 e. The minimum absolute atomic E-state index is 0.0522. The smallest absolute Gasteiger partial charge is 0.284 e. The zero-order chi connectivity index (χ0) is 48.6. The van der Waals surface area contributed by atoms with Crippen molar-refractivity contribution >= 4 is 40.9 Å². The first-order chi connectivity index (χ1) is 34.1. The summed E-state index contributed by atoms with van der Waals surface area (Å²) in [4.78, 5) is 72.8. The van der Waals surface area contributed by atoms with Gasteiger partial charge in [-0.1, -0.05) is 30.2 Å². The second-order valence-electron chi connectivity index (χ2n) is 17.1. The van der Waals surface area contributed by atoms with Gasteiger partial charge in [-0.25, -0.2) is 23.1 Å². The van der Waals surface area contributed by atoms with Gasteiger partial charge in [0.15, 0.2) is 11.4 Å². The molecule has 1 saturated carbocycles. The van der Waals surface area contributed by atoms with Crippen LogP contribution in [0.5, 0.6) is 0 Å². The van der Waals surface area contributed by atoms with E-state index in [4.69, 9.17) is 13.9 Å². The maximum Gasteiger partial charge on any atom is 0.284 e. The lowest BCUT2D eigenvalue weighted by atomic mass is 10.0. The van der Waals surface area contributed by atoms with E-state index in [1.807, 2.05) is 18.2 Å². The van der Waals surface area contributed by atoms with Crippen LogP contribution in [-0.2, 0) is 45.0 Å². The number of carbonyl (C=O) groups is 5. The molecule has 9 rings (SSSR count). The molecular formula is C48H50F2N12O8. The number of imide groups is 2. The molecule has 70 heavy (non-hydrogen) atoms. The zero-order valence-corrected chi connectivity index (χ0v) is 37.9. The fourth-order valence-corrected chi connectivity index (χ4v) is 8.17. The highest BCUT2D eigenvalue weighted by Gasteiger charge is 2.44. The zero-order valence-electron chi connectivity index (χ0n) is 37.9. The first-order valence-electron chi connectivity index (χ1n) is 23.1. The maximum atomic E-state index is 14.1. The lowest BCUT2D eigenvalue weighted by Crippen LogP contribution is -2.54. The summed E-state index contributed by atoms with van der Waals surface area (Å²) in [7, 11) is 0. The van der Waals surface area contributed by atoms with E-state index in [1.165, 1.54) is 30.0 Å². The van der Waals surface area contributed by atoms with Crippen LogP contribution in [0.3, 0.4) is 0 Å². The number of rotatable bonds is 24. The van der Waals surface area contributed by atoms with Gasteiger partial charge >= 0.3 is 0 Å². The van der Waals surface area contributed by atoms with Crippen LogP contribution in [0.15, 0.2) is 83.9 Å². The molecule has 2 fully saturated rings. The highest BCUT2D eigenvalue weighted by atomic mass is 19.3. The predicted molar refractivity (Wildman–Crippen MR) is 246 cm³/mol. The Labute approximate surface area is 399 Å². The molecule has 22 heteroatoms. The molecular weight excluding hydrogens is 911 g/mol. The van der Waals surface area contributed by atoms with E-state index in [0.717, 1.165) is 40.6 Å². The molecule has 1 atom stereocenters. The van der Waals surface area contributed by atoms with Crippen LogP contribution >= 0.6 is 0 Å². The Morgan fingerprint density at radius 3 is 2.53 bits per heavy atom.